The molecule has 3 aromatic heterocycles. The molecule has 9 heteroatoms. The second-order valence-electron chi connectivity index (χ2n) is 5.03. The number of anilines is 1. The molecule has 0 saturated carbocycles. The minimum atomic E-state index is -0.462. The van der Waals surface area contributed by atoms with Crippen molar-refractivity contribution in [2.75, 3.05) is 11.9 Å². The van der Waals surface area contributed by atoms with Gasteiger partial charge in [0.15, 0.2) is 0 Å². The first-order valence-corrected chi connectivity index (χ1v) is 8.08. The van der Waals surface area contributed by atoms with Crippen LogP contribution in [0, 0.1) is 13.8 Å². The molecule has 0 unspecified atom stereocenters. The Morgan fingerprint density at radius 3 is 2.88 bits per heavy atom. The van der Waals surface area contributed by atoms with E-state index < -0.39 is 11.9 Å². The Bertz CT molecular complexity index is 930. The normalized spacial score (nSPS) is 10.8. The summed E-state index contributed by atoms with van der Waals surface area (Å²) in [6.07, 6.45) is 1.61. The summed E-state index contributed by atoms with van der Waals surface area (Å²) < 4.78 is 6.49. The summed E-state index contributed by atoms with van der Waals surface area (Å²) in [5, 5.41) is 7.38. The van der Waals surface area contributed by atoms with Crippen molar-refractivity contribution in [2.24, 2.45) is 0 Å². The number of ether oxygens (including phenoxy) is 1. The maximum atomic E-state index is 12.3. The zero-order chi connectivity index (χ0) is 17.3. The fraction of sp³-hybridized carbons (Fsp3) is 0.267. The summed E-state index contributed by atoms with van der Waals surface area (Å²) >= 11 is 1.16. The number of rotatable bonds is 4. The SMILES string of the molecule is CCOC(=O)c1sc(NC(=O)c2nc3nccc(C)n3n2)cc1C. The van der Waals surface area contributed by atoms with Gasteiger partial charge in [-0.2, -0.15) is 4.98 Å². The Labute approximate surface area is 141 Å². The Hall–Kier alpha value is -2.81. The molecule has 0 aromatic carbocycles. The monoisotopic (exact) mass is 345 g/mol. The Balaban J connectivity index is 1.82. The molecule has 1 N–H and O–H groups in total. The highest BCUT2D eigenvalue weighted by Gasteiger charge is 2.19. The summed E-state index contributed by atoms with van der Waals surface area (Å²) in [6.45, 7) is 5.68. The highest BCUT2D eigenvalue weighted by atomic mass is 32.1. The van der Waals surface area contributed by atoms with Crippen LogP contribution >= 0.6 is 11.3 Å². The van der Waals surface area contributed by atoms with E-state index in [1.165, 1.54) is 4.52 Å². The van der Waals surface area contributed by atoms with Gasteiger partial charge in [-0.25, -0.2) is 14.3 Å². The molecule has 24 heavy (non-hydrogen) atoms. The van der Waals surface area contributed by atoms with Gasteiger partial charge in [-0.05, 0) is 38.5 Å². The van der Waals surface area contributed by atoms with Crippen LogP contribution in [0.25, 0.3) is 5.78 Å². The van der Waals surface area contributed by atoms with Crippen molar-refractivity contribution in [3.63, 3.8) is 0 Å². The molecular weight excluding hydrogens is 330 g/mol. The van der Waals surface area contributed by atoms with Crippen molar-refractivity contribution in [3.05, 3.63) is 40.3 Å². The number of hydrogen-bond donors (Lipinski definition) is 1. The first-order chi connectivity index (χ1) is 11.5. The number of esters is 1. The van der Waals surface area contributed by atoms with Gasteiger partial charge < -0.3 is 10.1 Å². The van der Waals surface area contributed by atoms with Crippen LogP contribution in [0.1, 0.15) is 38.5 Å². The van der Waals surface area contributed by atoms with Gasteiger partial charge in [0, 0.05) is 11.9 Å². The number of carbonyl (C=O) groups is 2. The highest BCUT2D eigenvalue weighted by molar-refractivity contribution is 7.18. The molecule has 0 bridgehead atoms. The van der Waals surface area contributed by atoms with Crippen LogP contribution in [0.5, 0.6) is 0 Å². The third kappa shape index (κ3) is 2.98. The van der Waals surface area contributed by atoms with E-state index in [-0.39, 0.29) is 5.82 Å². The maximum absolute atomic E-state index is 12.3. The zero-order valence-electron chi connectivity index (χ0n) is 13.4. The van der Waals surface area contributed by atoms with Crippen molar-refractivity contribution >= 4 is 34.0 Å². The number of hydrogen-bond acceptors (Lipinski definition) is 7. The lowest BCUT2D eigenvalue weighted by Gasteiger charge is -1.99. The van der Waals surface area contributed by atoms with Gasteiger partial charge in [-0.3, -0.25) is 4.79 Å². The molecule has 0 fully saturated rings. The van der Waals surface area contributed by atoms with E-state index in [1.54, 1.807) is 32.2 Å². The highest BCUT2D eigenvalue weighted by Crippen LogP contribution is 2.27. The van der Waals surface area contributed by atoms with E-state index in [0.29, 0.717) is 22.3 Å². The van der Waals surface area contributed by atoms with Crippen LogP contribution in [0.2, 0.25) is 0 Å². The third-order valence-corrected chi connectivity index (χ3v) is 4.38. The van der Waals surface area contributed by atoms with Crippen LogP contribution in [0.4, 0.5) is 5.00 Å². The van der Waals surface area contributed by atoms with Crippen molar-refractivity contribution in [1.82, 2.24) is 19.6 Å². The largest absolute Gasteiger partial charge is 0.462 e. The predicted octanol–water partition coefficient (Wildman–Crippen LogP) is 2.23. The first kappa shape index (κ1) is 16.1. The fourth-order valence-electron chi connectivity index (χ4n) is 2.11. The van der Waals surface area contributed by atoms with Gasteiger partial charge in [0.05, 0.1) is 11.6 Å². The van der Waals surface area contributed by atoms with Gasteiger partial charge in [0.1, 0.15) is 4.88 Å². The molecule has 0 spiro atoms. The molecule has 3 heterocycles. The molecule has 0 aliphatic rings. The molecule has 0 saturated heterocycles. The molecule has 0 aliphatic heterocycles. The lowest BCUT2D eigenvalue weighted by Crippen LogP contribution is -2.13. The predicted molar refractivity (Wildman–Crippen MR) is 88.5 cm³/mol. The number of amides is 1. The van der Waals surface area contributed by atoms with Crippen LogP contribution in [0.15, 0.2) is 18.3 Å². The Morgan fingerprint density at radius 2 is 2.17 bits per heavy atom. The van der Waals surface area contributed by atoms with Crippen molar-refractivity contribution in [1.29, 1.82) is 0 Å². The number of carbonyl (C=O) groups excluding carboxylic acids is 2. The minimum absolute atomic E-state index is 0.0144. The van der Waals surface area contributed by atoms with E-state index >= 15 is 0 Å². The van der Waals surface area contributed by atoms with Crippen molar-refractivity contribution in [2.45, 2.75) is 20.8 Å². The van der Waals surface area contributed by atoms with Gasteiger partial charge in [-0.1, -0.05) is 0 Å². The number of aromatic nitrogens is 4. The minimum Gasteiger partial charge on any atom is -0.462 e. The molecule has 0 atom stereocenters. The molecule has 0 aliphatic carbocycles. The Kier molecular flexibility index (Phi) is 4.26. The molecule has 3 rings (SSSR count). The summed E-state index contributed by atoms with van der Waals surface area (Å²) in [4.78, 5) is 32.8. The number of fused-ring (bicyclic) bond motifs is 1. The molecule has 124 valence electrons. The molecule has 8 nitrogen and oxygen atoms in total. The van der Waals surface area contributed by atoms with Gasteiger partial charge in [-0.15, -0.1) is 16.4 Å². The molecule has 3 aromatic rings. The van der Waals surface area contributed by atoms with Crippen molar-refractivity contribution < 1.29 is 14.3 Å². The summed E-state index contributed by atoms with van der Waals surface area (Å²) in [6, 6.07) is 3.49. The van der Waals surface area contributed by atoms with E-state index in [4.69, 9.17) is 4.74 Å². The van der Waals surface area contributed by atoms with Gasteiger partial charge >= 0.3 is 5.97 Å². The zero-order valence-corrected chi connectivity index (χ0v) is 14.2. The molecule has 1 amide bonds. The lowest BCUT2D eigenvalue weighted by molar-refractivity contribution is 0.0531. The van der Waals surface area contributed by atoms with Gasteiger partial charge in [0.2, 0.25) is 5.82 Å². The smallest absolute Gasteiger partial charge is 0.348 e. The fourth-order valence-corrected chi connectivity index (χ4v) is 3.07. The third-order valence-electron chi connectivity index (χ3n) is 3.25. The topological polar surface area (TPSA) is 98.5 Å². The molecule has 0 radical (unpaired) electrons. The van der Waals surface area contributed by atoms with E-state index in [0.717, 1.165) is 22.6 Å². The maximum Gasteiger partial charge on any atom is 0.348 e. The average Bonchev–Trinajstić information content (AvgIpc) is 3.12. The summed E-state index contributed by atoms with van der Waals surface area (Å²) in [5.41, 5.74) is 1.57. The van der Waals surface area contributed by atoms with Crippen LogP contribution < -0.4 is 5.32 Å². The van der Waals surface area contributed by atoms with Crippen LogP contribution in [-0.4, -0.2) is 38.1 Å². The second kappa shape index (κ2) is 6.36. The number of nitrogens with zero attached hydrogens (tertiary/aromatic N) is 4. The number of thiophene rings is 1. The summed E-state index contributed by atoms with van der Waals surface area (Å²) in [7, 11) is 0. The Morgan fingerprint density at radius 1 is 1.38 bits per heavy atom. The van der Waals surface area contributed by atoms with Crippen LogP contribution in [0.3, 0.4) is 0 Å². The van der Waals surface area contributed by atoms with E-state index in [1.807, 2.05) is 6.92 Å². The van der Waals surface area contributed by atoms with Crippen molar-refractivity contribution in [3.8, 4) is 0 Å². The van der Waals surface area contributed by atoms with E-state index in [2.05, 4.69) is 20.4 Å². The van der Waals surface area contributed by atoms with Gasteiger partial charge in [0.25, 0.3) is 11.7 Å². The first-order valence-electron chi connectivity index (χ1n) is 7.27. The second-order valence-corrected chi connectivity index (χ2v) is 6.08. The standard InChI is InChI=1S/C15H15N5O3S/c1-4-23-14(22)11-8(2)7-10(24-11)17-13(21)12-18-15-16-6-5-9(3)20(15)19-12/h5-7H,4H2,1-3H3,(H,17,21). The molecular formula is C15H15N5O3S. The quantitative estimate of drug-likeness (QED) is 0.728. The average molecular weight is 345 g/mol. The number of aryl methyl sites for hydroxylation is 2. The van der Waals surface area contributed by atoms with E-state index in [9.17, 15) is 9.59 Å². The van der Waals surface area contributed by atoms with Crippen LogP contribution in [-0.2, 0) is 4.74 Å². The number of nitrogens with one attached hydrogen (secondary N) is 1. The lowest BCUT2D eigenvalue weighted by atomic mass is 10.3. The summed E-state index contributed by atoms with van der Waals surface area (Å²) in [5.74, 6) is -0.488.